The molecule has 2 N–H and O–H groups in total. The van der Waals surface area contributed by atoms with Crippen molar-refractivity contribution in [3.05, 3.63) is 12.0 Å². The molecule has 1 aromatic rings. The third kappa shape index (κ3) is 2.01. The van der Waals surface area contributed by atoms with E-state index in [0.717, 1.165) is 12.8 Å². The number of rotatable bonds is 3. The smallest absolute Gasteiger partial charge is 0.360 e. The monoisotopic (exact) mass is 237 g/mol. The zero-order valence-corrected chi connectivity index (χ0v) is 10.4. The number of hydrogen-bond acceptors (Lipinski definition) is 4. The van der Waals surface area contributed by atoms with Gasteiger partial charge in [-0.3, -0.25) is 0 Å². The number of ether oxygens (including phenoxy) is 1. The maximum absolute atomic E-state index is 11.6. The minimum Gasteiger partial charge on any atom is -0.461 e. The van der Waals surface area contributed by atoms with Crippen LogP contribution in [0.2, 0.25) is 0 Å². The van der Waals surface area contributed by atoms with Crippen molar-refractivity contribution in [3.8, 4) is 0 Å². The minimum absolute atomic E-state index is 0.00181. The summed E-state index contributed by atoms with van der Waals surface area (Å²) in [6.45, 7) is 4.26. The number of nitrogens with two attached hydrogens (primary N) is 1. The molecule has 2 rings (SSSR count). The Balaban J connectivity index is 2.29. The Labute approximate surface area is 101 Å². The SMILES string of the molecule is CCOC(=O)c1ncn(C2(C)CCCC2)c1N. The molecular weight excluding hydrogens is 218 g/mol. The van der Waals surface area contributed by atoms with Gasteiger partial charge in [0.15, 0.2) is 5.69 Å². The number of anilines is 1. The van der Waals surface area contributed by atoms with Crippen LogP contribution in [0.3, 0.4) is 0 Å². The van der Waals surface area contributed by atoms with Gasteiger partial charge in [0.05, 0.1) is 12.9 Å². The van der Waals surface area contributed by atoms with Crippen molar-refractivity contribution in [1.29, 1.82) is 0 Å². The van der Waals surface area contributed by atoms with Crippen LogP contribution >= 0.6 is 0 Å². The molecule has 0 spiro atoms. The third-order valence-electron chi connectivity index (χ3n) is 3.54. The first-order valence-corrected chi connectivity index (χ1v) is 6.09. The van der Waals surface area contributed by atoms with E-state index < -0.39 is 5.97 Å². The quantitative estimate of drug-likeness (QED) is 0.815. The highest BCUT2D eigenvalue weighted by molar-refractivity contribution is 5.92. The molecular formula is C12H19N3O2. The van der Waals surface area contributed by atoms with Gasteiger partial charge in [-0.1, -0.05) is 12.8 Å². The van der Waals surface area contributed by atoms with E-state index in [1.54, 1.807) is 13.3 Å². The van der Waals surface area contributed by atoms with Crippen molar-refractivity contribution in [2.24, 2.45) is 0 Å². The molecule has 1 aromatic heterocycles. The summed E-state index contributed by atoms with van der Waals surface area (Å²) in [4.78, 5) is 15.7. The molecule has 0 saturated heterocycles. The van der Waals surface area contributed by atoms with Gasteiger partial charge in [0.25, 0.3) is 0 Å². The van der Waals surface area contributed by atoms with E-state index >= 15 is 0 Å². The molecule has 0 aromatic carbocycles. The number of hydrogen-bond donors (Lipinski definition) is 1. The lowest BCUT2D eigenvalue weighted by molar-refractivity contribution is 0.0521. The van der Waals surface area contributed by atoms with E-state index in [4.69, 9.17) is 10.5 Å². The Morgan fingerprint density at radius 1 is 1.59 bits per heavy atom. The Bertz CT molecular complexity index is 419. The first-order valence-electron chi connectivity index (χ1n) is 6.09. The molecule has 1 saturated carbocycles. The van der Waals surface area contributed by atoms with Crippen molar-refractivity contribution in [2.75, 3.05) is 12.3 Å². The number of carbonyl (C=O) groups excluding carboxylic acids is 1. The Kier molecular flexibility index (Phi) is 3.09. The second-order valence-electron chi connectivity index (χ2n) is 4.77. The summed E-state index contributed by atoms with van der Waals surface area (Å²) < 4.78 is 6.85. The van der Waals surface area contributed by atoms with Gasteiger partial charge in [0, 0.05) is 5.54 Å². The molecule has 0 bridgehead atoms. The van der Waals surface area contributed by atoms with Gasteiger partial charge < -0.3 is 15.0 Å². The molecule has 5 nitrogen and oxygen atoms in total. The summed E-state index contributed by atoms with van der Waals surface area (Å²) in [5.74, 6) is -0.0156. The van der Waals surface area contributed by atoms with Gasteiger partial charge in [-0.15, -0.1) is 0 Å². The van der Waals surface area contributed by atoms with Crippen molar-refractivity contribution < 1.29 is 9.53 Å². The van der Waals surface area contributed by atoms with Crippen molar-refractivity contribution in [3.63, 3.8) is 0 Å². The van der Waals surface area contributed by atoms with Gasteiger partial charge in [-0.25, -0.2) is 9.78 Å². The molecule has 1 heterocycles. The predicted octanol–water partition coefficient (Wildman–Crippen LogP) is 1.93. The van der Waals surface area contributed by atoms with E-state index in [-0.39, 0.29) is 11.2 Å². The molecule has 1 aliphatic carbocycles. The Morgan fingerprint density at radius 2 is 2.24 bits per heavy atom. The topological polar surface area (TPSA) is 70.1 Å². The lowest BCUT2D eigenvalue weighted by Gasteiger charge is -2.26. The average molecular weight is 237 g/mol. The molecule has 0 atom stereocenters. The van der Waals surface area contributed by atoms with Crippen LogP contribution in [0.25, 0.3) is 0 Å². The maximum Gasteiger partial charge on any atom is 0.360 e. The van der Waals surface area contributed by atoms with Gasteiger partial charge in [-0.05, 0) is 26.7 Å². The van der Waals surface area contributed by atoms with Crippen LogP contribution in [-0.4, -0.2) is 22.1 Å². The number of carbonyl (C=O) groups is 1. The standard InChI is InChI=1S/C12H19N3O2/c1-3-17-11(16)9-10(13)15(8-14-9)12(2)6-4-5-7-12/h8H,3-7,13H2,1-2H3. The lowest BCUT2D eigenvalue weighted by Crippen LogP contribution is -2.27. The third-order valence-corrected chi connectivity index (χ3v) is 3.54. The van der Waals surface area contributed by atoms with Crippen LogP contribution in [0.5, 0.6) is 0 Å². The van der Waals surface area contributed by atoms with Gasteiger partial charge >= 0.3 is 5.97 Å². The van der Waals surface area contributed by atoms with E-state index in [9.17, 15) is 4.79 Å². The molecule has 0 unspecified atom stereocenters. The summed E-state index contributed by atoms with van der Waals surface area (Å²) >= 11 is 0. The number of aromatic nitrogens is 2. The van der Waals surface area contributed by atoms with Crippen molar-refractivity contribution in [2.45, 2.75) is 45.1 Å². The van der Waals surface area contributed by atoms with Crippen LogP contribution in [0.4, 0.5) is 5.82 Å². The van der Waals surface area contributed by atoms with Crippen molar-refractivity contribution in [1.82, 2.24) is 9.55 Å². The molecule has 0 radical (unpaired) electrons. The van der Waals surface area contributed by atoms with Crippen LogP contribution in [-0.2, 0) is 10.3 Å². The van der Waals surface area contributed by atoms with Gasteiger partial charge in [0.1, 0.15) is 5.82 Å². The van der Waals surface area contributed by atoms with E-state index in [1.807, 2.05) is 4.57 Å². The van der Waals surface area contributed by atoms with Crippen LogP contribution in [0, 0.1) is 0 Å². The van der Waals surface area contributed by atoms with Crippen LogP contribution in [0.15, 0.2) is 6.33 Å². The van der Waals surface area contributed by atoms with Crippen molar-refractivity contribution >= 4 is 11.8 Å². The molecule has 1 fully saturated rings. The summed E-state index contributed by atoms with van der Waals surface area (Å²) in [6, 6.07) is 0. The Hall–Kier alpha value is -1.52. The molecule has 94 valence electrons. The summed E-state index contributed by atoms with van der Waals surface area (Å²) in [6.07, 6.45) is 6.21. The second kappa shape index (κ2) is 4.39. The fourth-order valence-corrected chi connectivity index (χ4v) is 2.52. The molecule has 0 amide bonds. The van der Waals surface area contributed by atoms with E-state index in [1.165, 1.54) is 12.8 Å². The van der Waals surface area contributed by atoms with E-state index in [0.29, 0.717) is 12.4 Å². The predicted molar refractivity (Wildman–Crippen MR) is 64.7 cm³/mol. The first-order chi connectivity index (χ1) is 8.08. The summed E-state index contributed by atoms with van der Waals surface area (Å²) in [5, 5.41) is 0. The highest BCUT2D eigenvalue weighted by atomic mass is 16.5. The number of nitrogen functional groups attached to an aromatic ring is 1. The zero-order chi connectivity index (χ0) is 12.5. The fraction of sp³-hybridized carbons (Fsp3) is 0.667. The molecule has 5 heteroatoms. The zero-order valence-electron chi connectivity index (χ0n) is 10.4. The van der Waals surface area contributed by atoms with Crippen LogP contribution < -0.4 is 5.73 Å². The Morgan fingerprint density at radius 3 is 2.82 bits per heavy atom. The van der Waals surface area contributed by atoms with Gasteiger partial charge in [-0.2, -0.15) is 0 Å². The number of esters is 1. The normalized spacial score (nSPS) is 18.2. The highest BCUT2D eigenvalue weighted by Gasteiger charge is 2.33. The minimum atomic E-state index is -0.439. The molecule has 17 heavy (non-hydrogen) atoms. The molecule has 1 aliphatic rings. The van der Waals surface area contributed by atoms with Gasteiger partial charge in [0.2, 0.25) is 0 Å². The second-order valence-corrected chi connectivity index (χ2v) is 4.77. The average Bonchev–Trinajstić information content (AvgIpc) is 2.86. The van der Waals surface area contributed by atoms with E-state index in [2.05, 4.69) is 11.9 Å². The lowest BCUT2D eigenvalue weighted by atomic mass is 10.0. The summed E-state index contributed by atoms with van der Waals surface area (Å²) in [7, 11) is 0. The van der Waals surface area contributed by atoms with Crippen LogP contribution in [0.1, 0.15) is 50.0 Å². The largest absolute Gasteiger partial charge is 0.461 e. The first kappa shape index (κ1) is 12.0. The number of nitrogens with zero attached hydrogens (tertiary/aromatic N) is 2. The molecule has 0 aliphatic heterocycles. The number of imidazole rings is 1. The fourth-order valence-electron chi connectivity index (χ4n) is 2.52. The maximum atomic E-state index is 11.6. The highest BCUT2D eigenvalue weighted by Crippen LogP contribution is 2.38. The summed E-state index contributed by atoms with van der Waals surface area (Å²) in [5.41, 5.74) is 6.24.